The molecule has 5 rings (SSSR count). The number of hydrogen-bond acceptors (Lipinski definition) is 5. The third-order valence-electron chi connectivity index (χ3n) is 6.54. The van der Waals surface area contributed by atoms with Gasteiger partial charge < -0.3 is 10.1 Å². The fourth-order valence-electron chi connectivity index (χ4n) is 4.55. The van der Waals surface area contributed by atoms with Crippen molar-refractivity contribution in [1.82, 2.24) is 5.32 Å². The van der Waals surface area contributed by atoms with E-state index in [-0.39, 0.29) is 32.2 Å². The second-order valence-corrected chi connectivity index (χ2v) is 11.6. The number of ketones is 1. The van der Waals surface area contributed by atoms with Crippen LogP contribution in [0.4, 0.5) is 26.3 Å². The van der Waals surface area contributed by atoms with E-state index in [0.717, 1.165) is 36.4 Å². The van der Waals surface area contributed by atoms with Crippen molar-refractivity contribution < 1.29 is 49.1 Å². The molecule has 0 atom stereocenters. The van der Waals surface area contributed by atoms with Crippen LogP contribution in [0.25, 0.3) is 11.1 Å². The molecule has 0 aromatic heterocycles. The van der Waals surface area contributed by atoms with Gasteiger partial charge in [0.25, 0.3) is 5.91 Å². The molecule has 222 valence electrons. The van der Waals surface area contributed by atoms with Gasteiger partial charge in [0.2, 0.25) is 9.84 Å². The number of fused-ring (bicyclic) bond motifs is 2. The minimum absolute atomic E-state index is 0.0469. The number of amides is 1. The van der Waals surface area contributed by atoms with Crippen molar-refractivity contribution in [3.63, 3.8) is 0 Å². The molecule has 1 N–H and O–H groups in total. The van der Waals surface area contributed by atoms with Crippen molar-refractivity contribution in [2.45, 2.75) is 28.9 Å². The Balaban J connectivity index is 1.46. The second-order valence-electron chi connectivity index (χ2n) is 9.28. The number of carbonyl (C=O) groups excluding carboxylic acids is 2. The van der Waals surface area contributed by atoms with Gasteiger partial charge in [0.15, 0.2) is 5.78 Å². The Labute approximate surface area is 244 Å². The Morgan fingerprint density at radius 1 is 0.837 bits per heavy atom. The molecular formula is C29H16ClF6NO5S. The number of benzene rings is 4. The van der Waals surface area contributed by atoms with E-state index in [0.29, 0.717) is 5.56 Å². The number of hydrogen-bond donors (Lipinski definition) is 1. The van der Waals surface area contributed by atoms with E-state index < -0.39 is 62.4 Å². The summed E-state index contributed by atoms with van der Waals surface area (Å²) >= 11 is 5.99. The molecule has 1 aliphatic rings. The molecule has 14 heteroatoms. The Kier molecular flexibility index (Phi) is 7.51. The lowest BCUT2D eigenvalue weighted by molar-refractivity contribution is -0.274. The van der Waals surface area contributed by atoms with Crippen molar-refractivity contribution in [1.29, 1.82) is 0 Å². The Morgan fingerprint density at radius 3 is 2.16 bits per heavy atom. The summed E-state index contributed by atoms with van der Waals surface area (Å²) < 4.78 is 108. The van der Waals surface area contributed by atoms with Crippen LogP contribution in [0.2, 0.25) is 5.02 Å². The number of sulfone groups is 1. The highest BCUT2D eigenvalue weighted by Gasteiger charge is 2.38. The molecule has 6 nitrogen and oxygen atoms in total. The zero-order valence-corrected chi connectivity index (χ0v) is 22.9. The molecule has 0 bridgehead atoms. The largest absolute Gasteiger partial charge is 0.573 e. The van der Waals surface area contributed by atoms with Crippen LogP contribution >= 0.6 is 11.6 Å². The van der Waals surface area contributed by atoms with Gasteiger partial charge in [-0.15, -0.1) is 13.2 Å². The molecule has 0 radical (unpaired) electrons. The van der Waals surface area contributed by atoms with Crippen LogP contribution in [-0.4, -0.2) is 26.5 Å². The first-order valence-corrected chi connectivity index (χ1v) is 14.0. The fraction of sp³-hybridized carbons (Fsp3) is 0.103. The smallest absolute Gasteiger partial charge is 0.406 e. The van der Waals surface area contributed by atoms with Crippen molar-refractivity contribution in [3.8, 4) is 16.9 Å². The monoisotopic (exact) mass is 639 g/mol. The van der Waals surface area contributed by atoms with Gasteiger partial charge in [-0.05, 0) is 71.3 Å². The zero-order valence-electron chi connectivity index (χ0n) is 21.3. The van der Waals surface area contributed by atoms with E-state index in [2.05, 4.69) is 10.1 Å². The van der Waals surface area contributed by atoms with Crippen LogP contribution in [0.1, 0.15) is 37.4 Å². The predicted molar refractivity (Wildman–Crippen MR) is 142 cm³/mol. The van der Waals surface area contributed by atoms with Gasteiger partial charge in [-0.2, -0.15) is 13.2 Å². The van der Waals surface area contributed by atoms with Gasteiger partial charge in [0.05, 0.1) is 26.5 Å². The number of carbonyl (C=O) groups is 2. The van der Waals surface area contributed by atoms with Crippen LogP contribution in [0.3, 0.4) is 0 Å². The van der Waals surface area contributed by atoms with E-state index >= 15 is 0 Å². The third-order valence-corrected chi connectivity index (χ3v) is 8.74. The Hall–Kier alpha value is -4.36. The maximum Gasteiger partial charge on any atom is 0.573 e. The van der Waals surface area contributed by atoms with E-state index in [1.165, 1.54) is 42.5 Å². The molecule has 0 fully saturated rings. The molecule has 4 aromatic rings. The summed E-state index contributed by atoms with van der Waals surface area (Å²) in [5.74, 6) is -2.19. The van der Waals surface area contributed by atoms with Gasteiger partial charge >= 0.3 is 12.5 Å². The van der Waals surface area contributed by atoms with Crippen molar-refractivity contribution in [2.75, 3.05) is 0 Å². The molecule has 0 spiro atoms. The minimum atomic E-state index is -4.89. The second kappa shape index (κ2) is 10.7. The van der Waals surface area contributed by atoms with Gasteiger partial charge in [0.1, 0.15) is 5.75 Å². The predicted octanol–water partition coefficient (Wildman–Crippen LogP) is 7.23. The number of rotatable bonds is 5. The van der Waals surface area contributed by atoms with E-state index in [9.17, 15) is 44.3 Å². The third kappa shape index (κ3) is 5.95. The summed E-state index contributed by atoms with van der Waals surface area (Å²) in [6.45, 7) is -0.445. The van der Waals surface area contributed by atoms with Crippen LogP contribution in [0, 0.1) is 0 Å². The Bertz CT molecular complexity index is 1890. The lowest BCUT2D eigenvalue weighted by Gasteiger charge is -2.22. The number of halogens is 7. The maximum atomic E-state index is 13.6. The first-order chi connectivity index (χ1) is 20.1. The van der Waals surface area contributed by atoms with Crippen LogP contribution in [-0.2, 0) is 22.6 Å². The SMILES string of the molecule is O=C(NCc1cc(C(F)(F)F)ccc1Cl)c1cccc2c1C(=O)c1ccc(-c3ccc(OC(F)(F)F)cc3)cc1S2(=O)=O. The quantitative estimate of drug-likeness (QED) is 0.205. The highest BCUT2D eigenvalue weighted by Crippen LogP contribution is 2.39. The number of nitrogens with one attached hydrogen (secondary N) is 1. The lowest BCUT2D eigenvalue weighted by atomic mass is 9.95. The molecule has 0 saturated heterocycles. The molecular weight excluding hydrogens is 624 g/mol. The Morgan fingerprint density at radius 2 is 1.51 bits per heavy atom. The lowest BCUT2D eigenvalue weighted by Crippen LogP contribution is -2.29. The number of alkyl halides is 6. The molecule has 1 aliphatic heterocycles. The first-order valence-electron chi connectivity index (χ1n) is 12.1. The van der Waals surface area contributed by atoms with E-state index in [1.807, 2.05) is 0 Å². The van der Waals surface area contributed by atoms with Gasteiger partial charge in [-0.1, -0.05) is 35.9 Å². The molecule has 4 aromatic carbocycles. The van der Waals surface area contributed by atoms with Gasteiger partial charge in [0, 0.05) is 17.1 Å². The van der Waals surface area contributed by atoms with Gasteiger partial charge in [-0.3, -0.25) is 9.59 Å². The normalized spacial score (nSPS) is 14.1. The minimum Gasteiger partial charge on any atom is -0.406 e. The molecule has 0 aliphatic carbocycles. The average Bonchev–Trinajstić information content (AvgIpc) is 2.94. The average molecular weight is 640 g/mol. The molecule has 1 amide bonds. The highest BCUT2D eigenvalue weighted by molar-refractivity contribution is 7.91. The summed E-state index contributed by atoms with van der Waals surface area (Å²) in [6, 6.07) is 14.7. The molecule has 1 heterocycles. The summed E-state index contributed by atoms with van der Waals surface area (Å²) in [6.07, 6.45) is -9.54. The van der Waals surface area contributed by atoms with Crippen molar-refractivity contribution >= 4 is 33.1 Å². The highest BCUT2D eigenvalue weighted by atomic mass is 35.5. The van der Waals surface area contributed by atoms with Crippen LogP contribution < -0.4 is 10.1 Å². The first kappa shape index (κ1) is 30.1. The molecule has 0 saturated carbocycles. The topological polar surface area (TPSA) is 89.5 Å². The summed E-state index contributed by atoms with van der Waals surface area (Å²) in [4.78, 5) is 25.8. The van der Waals surface area contributed by atoms with E-state index in [1.54, 1.807) is 0 Å². The fourth-order valence-corrected chi connectivity index (χ4v) is 6.43. The van der Waals surface area contributed by atoms with E-state index in [4.69, 9.17) is 11.6 Å². The summed E-state index contributed by atoms with van der Waals surface area (Å²) in [7, 11) is -4.37. The maximum absolute atomic E-state index is 13.6. The van der Waals surface area contributed by atoms with Crippen molar-refractivity contribution in [3.05, 3.63) is 112 Å². The number of ether oxygens (including phenoxy) is 1. The summed E-state index contributed by atoms with van der Waals surface area (Å²) in [5.41, 5.74) is -1.38. The van der Waals surface area contributed by atoms with Crippen LogP contribution in [0.5, 0.6) is 5.75 Å². The summed E-state index contributed by atoms with van der Waals surface area (Å²) in [5, 5.41) is 2.34. The standard InChI is InChI=1S/C29H16ClF6NO5S/c30-22-11-7-18(28(31,32)33)12-17(22)14-37-27(39)21-2-1-3-23-25(21)26(38)20-10-6-16(13-24(20)43(23,40)41)15-4-8-19(9-5-15)42-29(34,35)36/h1-13H,14H2,(H,37,39). The zero-order chi connectivity index (χ0) is 31.3. The van der Waals surface area contributed by atoms with Crippen LogP contribution in [0.15, 0.2) is 88.7 Å². The molecule has 0 unspecified atom stereocenters. The van der Waals surface area contributed by atoms with Gasteiger partial charge in [-0.25, -0.2) is 8.42 Å². The molecule has 43 heavy (non-hydrogen) atoms. The van der Waals surface area contributed by atoms with Crippen molar-refractivity contribution in [2.24, 2.45) is 0 Å².